The van der Waals surface area contributed by atoms with E-state index in [1.54, 1.807) is 55.6 Å². The fraction of sp³-hybridized carbons (Fsp3) is 0.250. The second-order valence-electron chi connectivity index (χ2n) is 7.33. The summed E-state index contributed by atoms with van der Waals surface area (Å²) >= 11 is 0. The summed E-state index contributed by atoms with van der Waals surface area (Å²) in [5.74, 6) is 1.34. The molecule has 0 fully saturated rings. The van der Waals surface area contributed by atoms with Crippen molar-refractivity contribution in [2.75, 3.05) is 32.6 Å². The van der Waals surface area contributed by atoms with Gasteiger partial charge in [0.2, 0.25) is 0 Å². The Bertz CT molecular complexity index is 1010. The van der Waals surface area contributed by atoms with E-state index < -0.39 is 5.97 Å². The van der Waals surface area contributed by atoms with Gasteiger partial charge in [0.15, 0.2) is 0 Å². The van der Waals surface area contributed by atoms with Crippen molar-refractivity contribution < 1.29 is 23.8 Å². The van der Waals surface area contributed by atoms with Crippen molar-refractivity contribution in [3.05, 3.63) is 78.2 Å². The van der Waals surface area contributed by atoms with Gasteiger partial charge in [-0.25, -0.2) is 9.37 Å². The van der Waals surface area contributed by atoms with Crippen LogP contribution in [0.5, 0.6) is 17.2 Å². The summed E-state index contributed by atoms with van der Waals surface area (Å²) in [5.41, 5.74) is 0.883. The van der Waals surface area contributed by atoms with Crippen LogP contribution in [0.1, 0.15) is 18.0 Å². The normalized spacial score (nSPS) is 11.8. The van der Waals surface area contributed by atoms with Gasteiger partial charge in [0.1, 0.15) is 28.9 Å². The number of hydrogen-bond acceptors (Lipinski definition) is 6. The molecule has 168 valence electrons. The molecule has 2 aromatic carbocycles. The molecule has 0 bridgehead atoms. The van der Waals surface area contributed by atoms with Gasteiger partial charge in [-0.05, 0) is 55.4 Å². The minimum atomic E-state index is -0.882. The van der Waals surface area contributed by atoms with Crippen molar-refractivity contribution in [3.8, 4) is 17.2 Å². The Morgan fingerprint density at radius 2 is 1.88 bits per heavy atom. The van der Waals surface area contributed by atoms with Crippen LogP contribution in [0.3, 0.4) is 0 Å². The number of carboxylic acids is 1. The third kappa shape index (κ3) is 6.95. The Kier molecular flexibility index (Phi) is 7.99. The van der Waals surface area contributed by atoms with Crippen LogP contribution in [0, 0.1) is 5.82 Å². The largest absolute Gasteiger partial charge is 0.497 e. The number of nitrogens with one attached hydrogen (secondary N) is 1. The van der Waals surface area contributed by atoms with E-state index in [1.165, 1.54) is 12.1 Å². The number of halogens is 1. The van der Waals surface area contributed by atoms with E-state index in [2.05, 4.69) is 10.3 Å². The quantitative estimate of drug-likeness (QED) is 0.452. The Balaban J connectivity index is 1.69. The number of aromatic nitrogens is 1. The molecule has 0 saturated carbocycles. The third-order valence-electron chi connectivity index (χ3n) is 4.81. The number of benzene rings is 2. The molecule has 0 aliphatic rings. The van der Waals surface area contributed by atoms with E-state index in [0.29, 0.717) is 36.0 Å². The van der Waals surface area contributed by atoms with Crippen molar-refractivity contribution in [2.45, 2.75) is 12.5 Å². The molecule has 1 heterocycles. The number of anilines is 1. The zero-order valence-electron chi connectivity index (χ0n) is 18.0. The highest BCUT2D eigenvalue weighted by Crippen LogP contribution is 2.27. The maximum atomic E-state index is 13.4. The van der Waals surface area contributed by atoms with Crippen LogP contribution in [0.4, 0.5) is 10.2 Å². The molecule has 0 aliphatic carbocycles. The Hall–Kier alpha value is -3.65. The summed E-state index contributed by atoms with van der Waals surface area (Å²) in [6.45, 7) is 0.489. The maximum Gasteiger partial charge on any atom is 0.317 e. The zero-order chi connectivity index (χ0) is 22.9. The van der Waals surface area contributed by atoms with Crippen LogP contribution < -0.4 is 14.8 Å². The van der Waals surface area contributed by atoms with Crippen LogP contribution in [0.25, 0.3) is 0 Å². The van der Waals surface area contributed by atoms with Crippen molar-refractivity contribution >= 4 is 11.8 Å². The number of nitrogens with zero attached hydrogens (tertiary/aromatic N) is 2. The predicted octanol–water partition coefficient (Wildman–Crippen LogP) is 4.58. The Morgan fingerprint density at radius 1 is 1.12 bits per heavy atom. The lowest BCUT2D eigenvalue weighted by atomic mass is 10.0. The smallest absolute Gasteiger partial charge is 0.317 e. The molecule has 0 radical (unpaired) electrons. The van der Waals surface area contributed by atoms with E-state index in [0.717, 1.165) is 5.56 Å². The highest BCUT2D eigenvalue weighted by atomic mass is 19.1. The average Bonchev–Trinajstić information content (AvgIpc) is 2.78. The number of carbonyl (C=O) groups is 1. The van der Waals surface area contributed by atoms with Gasteiger partial charge in [-0.1, -0.05) is 18.2 Å². The van der Waals surface area contributed by atoms with Crippen molar-refractivity contribution in [1.29, 1.82) is 0 Å². The second-order valence-corrected chi connectivity index (χ2v) is 7.33. The summed E-state index contributed by atoms with van der Waals surface area (Å²) in [6.07, 6.45) is 2.22. The highest BCUT2D eigenvalue weighted by molar-refractivity contribution is 5.69. The minimum absolute atomic E-state index is 0.0509. The summed E-state index contributed by atoms with van der Waals surface area (Å²) in [4.78, 5) is 17.1. The van der Waals surface area contributed by atoms with Crippen LogP contribution in [-0.4, -0.2) is 48.2 Å². The second kappa shape index (κ2) is 11.1. The number of likely N-dealkylation sites (N-methyl/N-ethyl adjacent to an activating group) is 1. The van der Waals surface area contributed by atoms with E-state index in [4.69, 9.17) is 14.6 Å². The molecule has 7 nitrogen and oxygen atoms in total. The topological polar surface area (TPSA) is 83.9 Å². The molecule has 1 aromatic heterocycles. The van der Waals surface area contributed by atoms with Crippen molar-refractivity contribution in [2.24, 2.45) is 0 Å². The average molecular weight is 439 g/mol. The molecule has 0 amide bonds. The number of rotatable bonds is 11. The summed E-state index contributed by atoms with van der Waals surface area (Å²) in [5, 5.41) is 12.3. The predicted molar refractivity (Wildman–Crippen MR) is 120 cm³/mol. The fourth-order valence-electron chi connectivity index (χ4n) is 3.18. The standard InChI is InChI=1S/C24H26FN3O4/c1-28(16-24(29)30)13-12-22(17-6-8-18(25)9-7-17)27-23-11-10-21(15-26-23)32-20-5-3-4-19(14-20)31-2/h3-11,14-15,22H,12-13,16H2,1-2H3,(H,26,27)(H,29,30). The number of ether oxygens (including phenoxy) is 2. The SMILES string of the molecule is COc1cccc(Oc2ccc(NC(CCN(C)CC(=O)O)c3ccc(F)cc3)nc2)c1. The summed E-state index contributed by atoms with van der Waals surface area (Å²) < 4.78 is 24.4. The van der Waals surface area contributed by atoms with Gasteiger partial charge in [-0.15, -0.1) is 0 Å². The first-order valence-electron chi connectivity index (χ1n) is 10.1. The van der Waals surface area contributed by atoms with E-state index in [9.17, 15) is 9.18 Å². The molecule has 3 aromatic rings. The number of hydrogen-bond donors (Lipinski definition) is 2. The van der Waals surface area contributed by atoms with Gasteiger partial charge in [0, 0.05) is 12.6 Å². The lowest BCUT2D eigenvalue weighted by molar-refractivity contribution is -0.138. The summed E-state index contributed by atoms with van der Waals surface area (Å²) in [6, 6.07) is 16.9. The van der Waals surface area contributed by atoms with Crippen LogP contribution in [0.2, 0.25) is 0 Å². The molecule has 32 heavy (non-hydrogen) atoms. The lowest BCUT2D eigenvalue weighted by Crippen LogP contribution is -2.28. The molecule has 0 saturated heterocycles. The third-order valence-corrected chi connectivity index (χ3v) is 4.81. The van der Waals surface area contributed by atoms with Gasteiger partial charge in [0.25, 0.3) is 0 Å². The Labute approximate surface area is 186 Å². The van der Waals surface area contributed by atoms with E-state index in [1.807, 2.05) is 18.2 Å². The number of aliphatic carboxylic acids is 1. The molecule has 1 unspecified atom stereocenters. The molecule has 0 aliphatic heterocycles. The van der Waals surface area contributed by atoms with Gasteiger partial charge in [-0.3, -0.25) is 9.69 Å². The Morgan fingerprint density at radius 3 is 2.53 bits per heavy atom. The zero-order valence-corrected chi connectivity index (χ0v) is 18.0. The molecule has 0 spiro atoms. The summed E-state index contributed by atoms with van der Waals surface area (Å²) in [7, 11) is 3.34. The van der Waals surface area contributed by atoms with Crippen LogP contribution in [-0.2, 0) is 4.79 Å². The van der Waals surface area contributed by atoms with Crippen LogP contribution >= 0.6 is 0 Å². The lowest BCUT2D eigenvalue weighted by Gasteiger charge is -2.23. The van der Waals surface area contributed by atoms with Gasteiger partial charge >= 0.3 is 5.97 Å². The number of carboxylic acid groups (broad SMARTS) is 1. The van der Waals surface area contributed by atoms with Gasteiger partial charge in [-0.2, -0.15) is 0 Å². The first kappa shape index (κ1) is 23.0. The molecular formula is C24H26FN3O4. The number of pyridine rings is 1. The highest BCUT2D eigenvalue weighted by Gasteiger charge is 2.15. The van der Waals surface area contributed by atoms with Crippen molar-refractivity contribution in [3.63, 3.8) is 0 Å². The number of methoxy groups -OCH3 is 1. The van der Waals surface area contributed by atoms with Gasteiger partial charge in [0.05, 0.1) is 25.9 Å². The monoisotopic (exact) mass is 439 g/mol. The molecule has 8 heteroatoms. The molecule has 2 N–H and O–H groups in total. The van der Waals surface area contributed by atoms with E-state index in [-0.39, 0.29) is 18.4 Å². The first-order chi connectivity index (χ1) is 15.4. The molecule has 3 rings (SSSR count). The van der Waals surface area contributed by atoms with E-state index >= 15 is 0 Å². The van der Waals surface area contributed by atoms with Crippen molar-refractivity contribution in [1.82, 2.24) is 9.88 Å². The minimum Gasteiger partial charge on any atom is -0.497 e. The first-order valence-corrected chi connectivity index (χ1v) is 10.1. The van der Waals surface area contributed by atoms with Crippen LogP contribution in [0.15, 0.2) is 66.9 Å². The van der Waals surface area contributed by atoms with Gasteiger partial charge < -0.3 is 19.9 Å². The molecular weight excluding hydrogens is 413 g/mol. The fourth-order valence-corrected chi connectivity index (χ4v) is 3.18. The molecule has 1 atom stereocenters. The maximum absolute atomic E-state index is 13.4.